The topological polar surface area (TPSA) is 61.4 Å². The van der Waals surface area contributed by atoms with Crippen molar-refractivity contribution in [3.05, 3.63) is 23.8 Å². The molecule has 1 aliphatic carbocycles. The van der Waals surface area contributed by atoms with Crippen LogP contribution in [0.4, 0.5) is 5.69 Å². The molecule has 0 radical (unpaired) electrons. The minimum Gasteiger partial charge on any atom is -0.506 e. The average Bonchev–Trinajstić information content (AvgIpc) is 2.87. The summed E-state index contributed by atoms with van der Waals surface area (Å²) >= 11 is 0. The lowest BCUT2D eigenvalue weighted by atomic mass is 9.85. The fraction of sp³-hybridized carbons (Fsp3) is 0.562. The summed E-state index contributed by atoms with van der Waals surface area (Å²) in [7, 11) is 0. The number of fused-ring (bicyclic) bond motifs is 1. The van der Waals surface area contributed by atoms with Crippen molar-refractivity contribution >= 4 is 11.6 Å². The molecule has 0 spiro atoms. The smallest absolute Gasteiger partial charge is 0.241 e. The second kappa shape index (κ2) is 5.44. The Morgan fingerprint density at radius 1 is 1.35 bits per heavy atom. The quantitative estimate of drug-likeness (QED) is 0.726. The zero-order chi connectivity index (χ0) is 14.1. The lowest BCUT2D eigenvalue weighted by molar-refractivity contribution is -0.117. The predicted molar refractivity (Wildman–Crippen MR) is 78.8 cm³/mol. The van der Waals surface area contributed by atoms with Gasteiger partial charge in [0.1, 0.15) is 5.75 Å². The Kier molecular flexibility index (Phi) is 3.66. The third-order valence-corrected chi connectivity index (χ3v) is 4.59. The molecule has 2 aliphatic rings. The van der Waals surface area contributed by atoms with E-state index in [2.05, 4.69) is 10.6 Å². The molecular weight excluding hydrogens is 252 g/mol. The molecule has 1 saturated heterocycles. The van der Waals surface area contributed by atoms with Crippen molar-refractivity contribution in [2.75, 3.05) is 5.32 Å². The van der Waals surface area contributed by atoms with E-state index in [9.17, 15) is 9.90 Å². The Bertz CT molecular complexity index is 501. The number of anilines is 1. The molecule has 20 heavy (non-hydrogen) atoms. The minimum absolute atomic E-state index is 0.0275. The van der Waals surface area contributed by atoms with Gasteiger partial charge in [0.05, 0.1) is 11.7 Å². The number of phenols is 1. The number of benzene rings is 1. The molecule has 0 bridgehead atoms. The van der Waals surface area contributed by atoms with Gasteiger partial charge in [-0.3, -0.25) is 4.79 Å². The molecule has 4 heteroatoms. The van der Waals surface area contributed by atoms with Gasteiger partial charge in [0, 0.05) is 6.04 Å². The van der Waals surface area contributed by atoms with Gasteiger partial charge < -0.3 is 15.7 Å². The van der Waals surface area contributed by atoms with Crippen LogP contribution in [0.25, 0.3) is 0 Å². The van der Waals surface area contributed by atoms with Crippen LogP contribution in [0.15, 0.2) is 18.2 Å². The molecule has 1 heterocycles. The molecule has 1 aromatic rings. The van der Waals surface area contributed by atoms with E-state index in [0.717, 1.165) is 12.0 Å². The van der Waals surface area contributed by atoms with Gasteiger partial charge in [-0.05, 0) is 49.8 Å². The fourth-order valence-corrected chi connectivity index (χ4v) is 3.49. The highest BCUT2D eigenvalue weighted by Crippen LogP contribution is 2.34. The van der Waals surface area contributed by atoms with Crippen LogP contribution in [-0.4, -0.2) is 23.1 Å². The van der Waals surface area contributed by atoms with Gasteiger partial charge in [-0.25, -0.2) is 0 Å². The SMILES string of the molecule is Cc1ccc(O)c(NC(=O)C2CC3CCCCC3N2)c1. The number of amides is 1. The van der Waals surface area contributed by atoms with Gasteiger partial charge in [-0.1, -0.05) is 18.9 Å². The second-order valence-electron chi connectivity index (χ2n) is 6.12. The molecule has 3 atom stereocenters. The van der Waals surface area contributed by atoms with E-state index < -0.39 is 0 Å². The first-order valence-electron chi connectivity index (χ1n) is 7.50. The van der Waals surface area contributed by atoms with E-state index >= 15 is 0 Å². The van der Waals surface area contributed by atoms with E-state index in [1.165, 1.54) is 25.7 Å². The van der Waals surface area contributed by atoms with Crippen LogP contribution in [0.5, 0.6) is 5.75 Å². The van der Waals surface area contributed by atoms with Crippen molar-refractivity contribution in [2.24, 2.45) is 5.92 Å². The van der Waals surface area contributed by atoms with Gasteiger partial charge >= 0.3 is 0 Å². The average molecular weight is 274 g/mol. The summed E-state index contributed by atoms with van der Waals surface area (Å²) in [6, 6.07) is 5.63. The maximum atomic E-state index is 12.3. The van der Waals surface area contributed by atoms with Crippen LogP contribution < -0.4 is 10.6 Å². The molecular formula is C16H22N2O2. The summed E-state index contributed by atoms with van der Waals surface area (Å²) in [4.78, 5) is 12.3. The Labute approximate surface area is 119 Å². The lowest BCUT2D eigenvalue weighted by Crippen LogP contribution is -2.39. The molecule has 2 fully saturated rings. The number of phenolic OH excluding ortho intramolecular Hbond substituents is 1. The van der Waals surface area contributed by atoms with Gasteiger partial charge in [0.25, 0.3) is 0 Å². The third-order valence-electron chi connectivity index (χ3n) is 4.59. The monoisotopic (exact) mass is 274 g/mol. The second-order valence-corrected chi connectivity index (χ2v) is 6.12. The number of aryl methyl sites for hydroxylation is 1. The molecule has 1 aliphatic heterocycles. The Balaban J connectivity index is 1.66. The van der Waals surface area contributed by atoms with Crippen LogP contribution in [0.2, 0.25) is 0 Å². The summed E-state index contributed by atoms with van der Waals surface area (Å²) in [6.07, 6.45) is 5.89. The van der Waals surface area contributed by atoms with Gasteiger partial charge in [0.15, 0.2) is 0 Å². The number of rotatable bonds is 2. The summed E-state index contributed by atoms with van der Waals surface area (Å²) < 4.78 is 0. The van der Waals surface area contributed by atoms with Crippen molar-refractivity contribution < 1.29 is 9.90 Å². The fourth-order valence-electron chi connectivity index (χ4n) is 3.49. The van der Waals surface area contributed by atoms with Crippen LogP contribution in [0.1, 0.15) is 37.7 Å². The summed E-state index contributed by atoms with van der Waals surface area (Å²) in [5.74, 6) is 0.741. The number of carbonyl (C=O) groups excluding carboxylic acids is 1. The van der Waals surface area contributed by atoms with E-state index in [4.69, 9.17) is 0 Å². The van der Waals surface area contributed by atoms with Crippen molar-refractivity contribution in [1.29, 1.82) is 0 Å². The van der Waals surface area contributed by atoms with Crippen molar-refractivity contribution in [3.8, 4) is 5.75 Å². The van der Waals surface area contributed by atoms with Crippen LogP contribution >= 0.6 is 0 Å². The zero-order valence-corrected chi connectivity index (χ0v) is 11.9. The molecule has 1 aromatic carbocycles. The highest BCUT2D eigenvalue weighted by Gasteiger charge is 2.38. The summed E-state index contributed by atoms with van der Waals surface area (Å²) in [5.41, 5.74) is 1.53. The molecule has 1 amide bonds. The number of carbonyl (C=O) groups is 1. The molecule has 1 saturated carbocycles. The Hall–Kier alpha value is -1.55. The number of aromatic hydroxyl groups is 1. The van der Waals surface area contributed by atoms with E-state index in [-0.39, 0.29) is 17.7 Å². The maximum absolute atomic E-state index is 12.3. The predicted octanol–water partition coefficient (Wildman–Crippen LogP) is 2.56. The highest BCUT2D eigenvalue weighted by atomic mass is 16.3. The summed E-state index contributed by atoms with van der Waals surface area (Å²) in [6.45, 7) is 1.94. The molecule has 108 valence electrons. The normalized spacial score (nSPS) is 28.9. The number of hydrogen-bond donors (Lipinski definition) is 3. The molecule has 3 unspecified atom stereocenters. The number of nitrogens with one attached hydrogen (secondary N) is 2. The highest BCUT2D eigenvalue weighted by molar-refractivity contribution is 5.96. The van der Waals surface area contributed by atoms with Crippen molar-refractivity contribution in [1.82, 2.24) is 5.32 Å². The first-order chi connectivity index (χ1) is 9.63. The van der Waals surface area contributed by atoms with Crippen molar-refractivity contribution in [2.45, 2.75) is 51.1 Å². The largest absolute Gasteiger partial charge is 0.506 e. The zero-order valence-electron chi connectivity index (χ0n) is 11.9. The standard InChI is InChI=1S/C16H22N2O2/c1-10-6-7-15(19)13(8-10)18-16(20)14-9-11-4-2-3-5-12(11)17-14/h6-8,11-12,14,17,19H,2-5,9H2,1H3,(H,18,20). The minimum atomic E-state index is -0.122. The van der Waals surface area contributed by atoms with Crippen LogP contribution in [0, 0.1) is 12.8 Å². The van der Waals surface area contributed by atoms with E-state index in [1.807, 2.05) is 13.0 Å². The molecule has 4 nitrogen and oxygen atoms in total. The van der Waals surface area contributed by atoms with E-state index in [0.29, 0.717) is 17.6 Å². The molecule has 3 N–H and O–H groups in total. The lowest BCUT2D eigenvalue weighted by Gasteiger charge is -2.24. The maximum Gasteiger partial charge on any atom is 0.241 e. The Morgan fingerprint density at radius 3 is 2.95 bits per heavy atom. The van der Waals surface area contributed by atoms with Crippen molar-refractivity contribution in [3.63, 3.8) is 0 Å². The molecule has 3 rings (SSSR count). The van der Waals surface area contributed by atoms with E-state index in [1.54, 1.807) is 12.1 Å². The third kappa shape index (κ3) is 2.66. The van der Waals surface area contributed by atoms with Gasteiger partial charge in [0.2, 0.25) is 5.91 Å². The van der Waals surface area contributed by atoms with Crippen LogP contribution in [0.3, 0.4) is 0 Å². The number of hydrogen-bond acceptors (Lipinski definition) is 3. The Morgan fingerprint density at radius 2 is 2.15 bits per heavy atom. The van der Waals surface area contributed by atoms with Gasteiger partial charge in [-0.2, -0.15) is 0 Å². The first kappa shape index (κ1) is 13.4. The van der Waals surface area contributed by atoms with Crippen LogP contribution in [-0.2, 0) is 4.79 Å². The summed E-state index contributed by atoms with van der Waals surface area (Å²) in [5, 5.41) is 16.1. The van der Waals surface area contributed by atoms with Gasteiger partial charge in [-0.15, -0.1) is 0 Å². The molecule has 0 aromatic heterocycles. The first-order valence-corrected chi connectivity index (χ1v) is 7.50.